The first-order valence-corrected chi connectivity index (χ1v) is 7.91. The van der Waals surface area contributed by atoms with E-state index in [2.05, 4.69) is 11.9 Å². The number of hydrogen-bond donors (Lipinski definition) is 0. The van der Waals surface area contributed by atoms with Gasteiger partial charge in [-0.25, -0.2) is 4.98 Å². The van der Waals surface area contributed by atoms with E-state index in [1.165, 1.54) is 11.3 Å². The van der Waals surface area contributed by atoms with Crippen molar-refractivity contribution in [2.24, 2.45) is 0 Å². The minimum atomic E-state index is 0.0408. The second-order valence-corrected chi connectivity index (χ2v) is 5.60. The van der Waals surface area contributed by atoms with Gasteiger partial charge in [0.05, 0.1) is 12.8 Å². The first-order valence-electron chi connectivity index (χ1n) is 7.03. The van der Waals surface area contributed by atoms with E-state index in [-0.39, 0.29) is 5.91 Å². The Bertz CT molecular complexity index is 593. The normalized spacial score (nSPS) is 10.4. The topological polar surface area (TPSA) is 42.4 Å². The summed E-state index contributed by atoms with van der Waals surface area (Å²) >= 11 is 1.50. The molecule has 0 bridgehead atoms. The van der Waals surface area contributed by atoms with Crippen LogP contribution in [0.4, 0.5) is 5.13 Å². The van der Waals surface area contributed by atoms with Gasteiger partial charge in [-0.05, 0) is 30.7 Å². The lowest BCUT2D eigenvalue weighted by atomic mass is 10.2. The van der Waals surface area contributed by atoms with Crippen molar-refractivity contribution in [3.63, 3.8) is 0 Å². The fraction of sp³-hybridized carbons (Fsp3) is 0.375. The predicted octanol–water partition coefficient (Wildman–Crippen LogP) is 3.97. The summed E-state index contributed by atoms with van der Waals surface area (Å²) in [4.78, 5) is 18.1. The summed E-state index contributed by atoms with van der Waals surface area (Å²) in [7, 11) is 1.65. The van der Waals surface area contributed by atoms with E-state index in [4.69, 9.17) is 4.74 Å². The Morgan fingerprint density at radius 3 is 2.62 bits per heavy atom. The minimum absolute atomic E-state index is 0.0408. The molecule has 1 aromatic heterocycles. The number of methoxy groups -OCH3 is 1. The molecule has 1 heterocycles. The second kappa shape index (κ2) is 7.22. The number of rotatable bonds is 6. The third-order valence-corrected chi connectivity index (χ3v) is 4.09. The SMILES string of the molecule is CCCCN(C(C)=O)c1nc(-c2ccc(OC)cc2)cs1. The molecule has 0 N–H and O–H groups in total. The number of aromatic nitrogens is 1. The van der Waals surface area contributed by atoms with Crippen LogP contribution < -0.4 is 9.64 Å². The molecule has 21 heavy (non-hydrogen) atoms. The van der Waals surface area contributed by atoms with Crippen LogP contribution in [-0.2, 0) is 4.79 Å². The zero-order valence-electron chi connectivity index (χ0n) is 12.6. The Hall–Kier alpha value is -1.88. The van der Waals surface area contributed by atoms with Gasteiger partial charge >= 0.3 is 0 Å². The maximum atomic E-state index is 11.8. The molecule has 0 atom stereocenters. The van der Waals surface area contributed by atoms with Crippen molar-refractivity contribution in [2.45, 2.75) is 26.7 Å². The molecule has 1 aromatic carbocycles. The molecular formula is C16H20N2O2S. The van der Waals surface area contributed by atoms with Gasteiger partial charge in [-0.15, -0.1) is 11.3 Å². The molecule has 0 spiro atoms. The lowest BCUT2D eigenvalue weighted by Crippen LogP contribution is -2.29. The van der Waals surface area contributed by atoms with Gasteiger partial charge in [-0.2, -0.15) is 0 Å². The van der Waals surface area contributed by atoms with Crippen LogP contribution in [0, 0.1) is 0 Å². The summed E-state index contributed by atoms with van der Waals surface area (Å²) in [6.45, 7) is 4.43. The van der Waals surface area contributed by atoms with E-state index in [1.807, 2.05) is 29.6 Å². The number of carbonyl (C=O) groups is 1. The average molecular weight is 304 g/mol. The molecule has 0 saturated carbocycles. The van der Waals surface area contributed by atoms with Crippen LogP contribution in [0.3, 0.4) is 0 Å². The van der Waals surface area contributed by atoms with Gasteiger partial charge < -0.3 is 4.74 Å². The number of ether oxygens (including phenoxy) is 1. The van der Waals surface area contributed by atoms with Crippen molar-refractivity contribution in [2.75, 3.05) is 18.6 Å². The summed E-state index contributed by atoms with van der Waals surface area (Å²) in [6.07, 6.45) is 2.04. The van der Waals surface area contributed by atoms with E-state index < -0.39 is 0 Å². The molecule has 0 aliphatic carbocycles. The molecule has 2 rings (SSSR count). The molecule has 112 valence electrons. The largest absolute Gasteiger partial charge is 0.497 e. The minimum Gasteiger partial charge on any atom is -0.497 e. The van der Waals surface area contributed by atoms with Crippen molar-refractivity contribution < 1.29 is 9.53 Å². The zero-order chi connectivity index (χ0) is 15.2. The second-order valence-electron chi connectivity index (χ2n) is 4.77. The average Bonchev–Trinajstić information content (AvgIpc) is 2.97. The quantitative estimate of drug-likeness (QED) is 0.811. The first-order chi connectivity index (χ1) is 10.2. The van der Waals surface area contributed by atoms with Crippen LogP contribution in [-0.4, -0.2) is 24.5 Å². The highest BCUT2D eigenvalue weighted by Crippen LogP contribution is 2.28. The van der Waals surface area contributed by atoms with Crippen molar-refractivity contribution >= 4 is 22.4 Å². The van der Waals surface area contributed by atoms with Gasteiger partial charge in [0, 0.05) is 24.4 Å². The molecule has 0 aliphatic heterocycles. The molecule has 0 saturated heterocycles. The van der Waals surface area contributed by atoms with Gasteiger partial charge in [0.15, 0.2) is 5.13 Å². The third kappa shape index (κ3) is 3.82. The Morgan fingerprint density at radius 2 is 2.05 bits per heavy atom. The van der Waals surface area contributed by atoms with Crippen LogP contribution in [0.25, 0.3) is 11.3 Å². The lowest BCUT2D eigenvalue weighted by molar-refractivity contribution is -0.116. The molecular weight excluding hydrogens is 284 g/mol. The summed E-state index contributed by atoms with van der Waals surface area (Å²) in [5, 5.41) is 2.75. The first kappa shape index (κ1) is 15.5. The van der Waals surface area contributed by atoms with Crippen LogP contribution in [0.2, 0.25) is 0 Å². The highest BCUT2D eigenvalue weighted by Gasteiger charge is 2.15. The molecule has 4 nitrogen and oxygen atoms in total. The fourth-order valence-electron chi connectivity index (χ4n) is 1.99. The van der Waals surface area contributed by atoms with E-state index in [1.54, 1.807) is 18.9 Å². The van der Waals surface area contributed by atoms with Crippen molar-refractivity contribution in [1.82, 2.24) is 4.98 Å². The van der Waals surface area contributed by atoms with Gasteiger partial charge in [0.1, 0.15) is 5.75 Å². The van der Waals surface area contributed by atoms with E-state index >= 15 is 0 Å². The molecule has 0 fully saturated rings. The Balaban J connectivity index is 2.20. The lowest BCUT2D eigenvalue weighted by Gasteiger charge is -2.17. The monoisotopic (exact) mass is 304 g/mol. The number of benzene rings is 1. The molecule has 0 radical (unpaired) electrons. The van der Waals surface area contributed by atoms with Crippen molar-refractivity contribution in [1.29, 1.82) is 0 Å². The summed E-state index contributed by atoms with van der Waals surface area (Å²) in [6, 6.07) is 7.77. The molecule has 0 unspecified atom stereocenters. The van der Waals surface area contributed by atoms with Gasteiger partial charge in [-0.3, -0.25) is 9.69 Å². The van der Waals surface area contributed by atoms with Crippen LogP contribution in [0.5, 0.6) is 5.75 Å². The van der Waals surface area contributed by atoms with E-state index in [9.17, 15) is 4.79 Å². The molecule has 1 amide bonds. The van der Waals surface area contributed by atoms with Crippen LogP contribution in [0.15, 0.2) is 29.6 Å². The maximum Gasteiger partial charge on any atom is 0.225 e. The number of nitrogens with zero attached hydrogens (tertiary/aromatic N) is 2. The Morgan fingerprint density at radius 1 is 1.33 bits per heavy atom. The van der Waals surface area contributed by atoms with Gasteiger partial charge in [0.25, 0.3) is 0 Å². The van der Waals surface area contributed by atoms with Crippen LogP contribution in [0.1, 0.15) is 26.7 Å². The highest BCUT2D eigenvalue weighted by atomic mass is 32.1. The highest BCUT2D eigenvalue weighted by molar-refractivity contribution is 7.14. The summed E-state index contributed by atoms with van der Waals surface area (Å²) in [5.74, 6) is 0.863. The molecule has 5 heteroatoms. The number of amides is 1. The zero-order valence-corrected chi connectivity index (χ0v) is 13.4. The van der Waals surface area contributed by atoms with Gasteiger partial charge in [-0.1, -0.05) is 13.3 Å². The number of carbonyl (C=O) groups excluding carboxylic acids is 1. The maximum absolute atomic E-state index is 11.8. The Kier molecular flexibility index (Phi) is 5.33. The smallest absolute Gasteiger partial charge is 0.225 e. The number of thiazole rings is 1. The molecule has 0 aliphatic rings. The number of unbranched alkanes of at least 4 members (excludes halogenated alkanes) is 1. The van der Waals surface area contributed by atoms with E-state index in [0.717, 1.165) is 41.5 Å². The Labute approximate surface area is 129 Å². The fourth-order valence-corrected chi connectivity index (χ4v) is 2.89. The van der Waals surface area contributed by atoms with Crippen molar-refractivity contribution in [3.8, 4) is 17.0 Å². The standard InChI is InChI=1S/C16H20N2O2S/c1-4-5-10-18(12(2)19)16-17-15(11-21-16)13-6-8-14(20-3)9-7-13/h6-9,11H,4-5,10H2,1-3H3. The number of hydrogen-bond acceptors (Lipinski definition) is 4. The predicted molar refractivity (Wildman–Crippen MR) is 87.0 cm³/mol. The van der Waals surface area contributed by atoms with Gasteiger partial charge in [0.2, 0.25) is 5.91 Å². The molecule has 2 aromatic rings. The summed E-state index contributed by atoms with van der Waals surface area (Å²) < 4.78 is 5.15. The van der Waals surface area contributed by atoms with Crippen molar-refractivity contribution in [3.05, 3.63) is 29.6 Å². The van der Waals surface area contributed by atoms with E-state index in [0.29, 0.717) is 0 Å². The van der Waals surface area contributed by atoms with Crippen LogP contribution >= 0.6 is 11.3 Å². The summed E-state index contributed by atoms with van der Waals surface area (Å²) in [5.41, 5.74) is 1.91. The third-order valence-electron chi connectivity index (χ3n) is 3.22. The number of anilines is 1.